The molecule has 0 bridgehead atoms. The Hall–Kier alpha value is -1.94. The van der Waals surface area contributed by atoms with Crippen LogP contribution in [0.3, 0.4) is 0 Å². The Bertz CT molecular complexity index is 686. The molecule has 0 aromatic heterocycles. The van der Waals surface area contributed by atoms with Crippen molar-refractivity contribution in [3.05, 3.63) is 28.1 Å². The molecule has 0 atom stereocenters. The fourth-order valence-electron chi connectivity index (χ4n) is 2.35. The Morgan fingerprint density at radius 3 is 2.32 bits per heavy atom. The molecule has 0 spiro atoms. The van der Waals surface area contributed by atoms with Gasteiger partial charge < -0.3 is 9.64 Å². The molecule has 1 aliphatic rings. The number of methoxy groups -OCH3 is 1. The number of nitrogens with zero attached hydrogens (tertiary/aromatic N) is 3. The zero-order valence-corrected chi connectivity index (χ0v) is 13.0. The molecule has 1 aromatic carbocycles. The molecule has 122 valence electrons. The van der Waals surface area contributed by atoms with Crippen LogP contribution in [0.1, 0.15) is 0 Å². The number of piperazine rings is 1. The van der Waals surface area contributed by atoms with E-state index in [0.29, 0.717) is 0 Å². The molecule has 2 rings (SSSR count). The normalized spacial score (nSPS) is 16.6. The minimum absolute atomic E-state index is 0.0915. The first-order valence-electron chi connectivity index (χ1n) is 6.46. The summed E-state index contributed by atoms with van der Waals surface area (Å²) >= 11 is 0. The lowest BCUT2D eigenvalue weighted by molar-refractivity contribution is -0.384. The van der Waals surface area contributed by atoms with Crippen LogP contribution in [0.4, 0.5) is 15.8 Å². The van der Waals surface area contributed by atoms with Gasteiger partial charge in [0, 0.05) is 32.2 Å². The van der Waals surface area contributed by atoms with Gasteiger partial charge in [0.05, 0.1) is 24.4 Å². The smallest absolute Gasteiger partial charge is 0.295 e. The van der Waals surface area contributed by atoms with Crippen molar-refractivity contribution in [1.29, 1.82) is 0 Å². The molecule has 22 heavy (non-hydrogen) atoms. The lowest BCUT2D eigenvalue weighted by Crippen LogP contribution is -2.48. The summed E-state index contributed by atoms with van der Waals surface area (Å²) in [6, 6.07) is 2.08. The van der Waals surface area contributed by atoms with Crippen LogP contribution in [0.25, 0.3) is 0 Å². The van der Waals surface area contributed by atoms with Crippen molar-refractivity contribution < 1.29 is 22.5 Å². The second kappa shape index (κ2) is 6.05. The molecule has 0 amide bonds. The van der Waals surface area contributed by atoms with Crippen molar-refractivity contribution in [2.24, 2.45) is 0 Å². The predicted octanol–water partition coefficient (Wildman–Crippen LogP) is 0.824. The first-order valence-corrected chi connectivity index (χ1v) is 8.31. The van der Waals surface area contributed by atoms with E-state index in [1.165, 1.54) is 17.5 Å². The molecule has 1 aromatic rings. The maximum atomic E-state index is 13.6. The SMILES string of the molecule is COc1cc(N2CCN(S(C)(=O)=O)CC2)c([N+](=O)[O-])cc1F. The highest BCUT2D eigenvalue weighted by molar-refractivity contribution is 7.88. The number of hydrogen-bond donors (Lipinski definition) is 0. The van der Waals surface area contributed by atoms with Crippen LogP contribution in [0.15, 0.2) is 12.1 Å². The summed E-state index contributed by atoms with van der Waals surface area (Å²) < 4.78 is 42.8. The molecule has 0 aliphatic carbocycles. The van der Waals surface area contributed by atoms with Gasteiger partial charge in [-0.2, -0.15) is 4.31 Å². The summed E-state index contributed by atoms with van der Waals surface area (Å²) in [6.07, 6.45) is 1.12. The number of rotatable bonds is 4. The summed E-state index contributed by atoms with van der Waals surface area (Å²) in [5, 5.41) is 11.1. The maximum Gasteiger partial charge on any atom is 0.295 e. The van der Waals surface area contributed by atoms with E-state index in [1.54, 1.807) is 4.90 Å². The van der Waals surface area contributed by atoms with Gasteiger partial charge in [0.2, 0.25) is 10.0 Å². The molecule has 0 radical (unpaired) electrons. The van der Waals surface area contributed by atoms with Gasteiger partial charge in [-0.3, -0.25) is 10.1 Å². The van der Waals surface area contributed by atoms with Gasteiger partial charge in [0.25, 0.3) is 5.69 Å². The highest BCUT2D eigenvalue weighted by Crippen LogP contribution is 2.35. The Morgan fingerprint density at radius 1 is 1.27 bits per heavy atom. The number of hydrogen-bond acceptors (Lipinski definition) is 6. The topological polar surface area (TPSA) is 93.0 Å². The van der Waals surface area contributed by atoms with Crippen molar-refractivity contribution in [2.45, 2.75) is 0 Å². The van der Waals surface area contributed by atoms with E-state index in [0.717, 1.165) is 12.3 Å². The maximum absolute atomic E-state index is 13.6. The standard InChI is InChI=1S/C12H16FN3O5S/c1-21-12-8-10(11(16(17)18)7-9(12)13)14-3-5-15(6-4-14)22(2,19)20/h7-8H,3-6H2,1-2H3. The molecule has 8 nitrogen and oxygen atoms in total. The number of nitro benzene ring substituents is 1. The Morgan fingerprint density at radius 2 is 1.86 bits per heavy atom. The predicted molar refractivity (Wildman–Crippen MR) is 78.2 cm³/mol. The van der Waals surface area contributed by atoms with Crippen LogP contribution in [-0.4, -0.2) is 57.2 Å². The first-order chi connectivity index (χ1) is 10.2. The van der Waals surface area contributed by atoms with Crippen molar-refractivity contribution in [3.63, 3.8) is 0 Å². The molecule has 1 saturated heterocycles. The monoisotopic (exact) mass is 333 g/mol. The third-order valence-corrected chi connectivity index (χ3v) is 4.80. The van der Waals surface area contributed by atoms with Crippen LogP contribution in [0.2, 0.25) is 0 Å². The van der Waals surface area contributed by atoms with Crippen LogP contribution in [0, 0.1) is 15.9 Å². The van der Waals surface area contributed by atoms with Gasteiger partial charge in [-0.1, -0.05) is 0 Å². The largest absolute Gasteiger partial charge is 0.494 e. The van der Waals surface area contributed by atoms with Gasteiger partial charge in [-0.05, 0) is 0 Å². The third-order valence-electron chi connectivity index (χ3n) is 3.49. The van der Waals surface area contributed by atoms with Crippen LogP contribution < -0.4 is 9.64 Å². The van der Waals surface area contributed by atoms with Crippen LogP contribution >= 0.6 is 0 Å². The molecule has 1 fully saturated rings. The lowest BCUT2D eigenvalue weighted by Gasteiger charge is -2.34. The molecule has 1 aliphatic heterocycles. The number of anilines is 1. The average Bonchev–Trinajstić information content (AvgIpc) is 2.46. The summed E-state index contributed by atoms with van der Waals surface area (Å²) in [7, 11) is -2.02. The summed E-state index contributed by atoms with van der Waals surface area (Å²) in [6.45, 7) is 0.997. The minimum atomic E-state index is -3.29. The van der Waals surface area contributed by atoms with E-state index in [2.05, 4.69) is 0 Å². The fraction of sp³-hybridized carbons (Fsp3) is 0.500. The van der Waals surface area contributed by atoms with E-state index in [4.69, 9.17) is 4.74 Å². The number of benzene rings is 1. The number of nitro groups is 1. The highest BCUT2D eigenvalue weighted by atomic mass is 32.2. The van der Waals surface area contributed by atoms with Crippen LogP contribution in [0.5, 0.6) is 5.75 Å². The van der Waals surface area contributed by atoms with Crippen molar-refractivity contribution in [1.82, 2.24) is 4.31 Å². The molecule has 10 heteroatoms. The van der Waals surface area contributed by atoms with Gasteiger partial charge in [-0.15, -0.1) is 0 Å². The number of halogens is 1. The second-order valence-corrected chi connectivity index (χ2v) is 6.86. The number of ether oxygens (including phenoxy) is 1. The first kappa shape index (κ1) is 16.4. The van der Waals surface area contributed by atoms with Crippen LogP contribution in [-0.2, 0) is 10.0 Å². The molecule has 0 unspecified atom stereocenters. The Kier molecular flexibility index (Phi) is 4.52. The van der Waals surface area contributed by atoms with E-state index >= 15 is 0 Å². The molecule has 1 heterocycles. The summed E-state index contributed by atoms with van der Waals surface area (Å²) in [5.41, 5.74) is -0.150. The molecular formula is C12H16FN3O5S. The lowest BCUT2D eigenvalue weighted by atomic mass is 10.2. The summed E-state index contributed by atoms with van der Waals surface area (Å²) in [4.78, 5) is 12.1. The van der Waals surface area contributed by atoms with Gasteiger partial charge >= 0.3 is 0 Å². The minimum Gasteiger partial charge on any atom is -0.494 e. The Labute approximate surface area is 127 Å². The Balaban J connectivity index is 2.31. The van der Waals surface area contributed by atoms with Gasteiger partial charge in [-0.25, -0.2) is 12.8 Å². The van der Waals surface area contributed by atoms with E-state index in [1.807, 2.05) is 0 Å². The zero-order chi connectivity index (χ0) is 16.5. The number of sulfonamides is 1. The van der Waals surface area contributed by atoms with E-state index < -0.39 is 20.8 Å². The van der Waals surface area contributed by atoms with Gasteiger partial charge in [0.15, 0.2) is 11.6 Å². The van der Waals surface area contributed by atoms with Crippen molar-refractivity contribution >= 4 is 21.4 Å². The zero-order valence-electron chi connectivity index (χ0n) is 12.2. The third kappa shape index (κ3) is 3.28. The molecular weight excluding hydrogens is 317 g/mol. The second-order valence-electron chi connectivity index (χ2n) is 4.88. The van der Waals surface area contributed by atoms with Gasteiger partial charge in [0.1, 0.15) is 5.69 Å². The van der Waals surface area contributed by atoms with E-state index in [9.17, 15) is 22.9 Å². The molecule has 0 saturated carbocycles. The van der Waals surface area contributed by atoms with Crippen molar-refractivity contribution in [3.8, 4) is 5.75 Å². The van der Waals surface area contributed by atoms with E-state index in [-0.39, 0.29) is 43.3 Å². The fourth-order valence-corrected chi connectivity index (χ4v) is 3.18. The molecule has 0 N–H and O–H groups in total. The average molecular weight is 333 g/mol. The summed E-state index contributed by atoms with van der Waals surface area (Å²) in [5.74, 6) is -0.904. The quantitative estimate of drug-likeness (QED) is 0.598. The highest BCUT2D eigenvalue weighted by Gasteiger charge is 2.28. The van der Waals surface area contributed by atoms with Crippen molar-refractivity contribution in [2.75, 3.05) is 44.4 Å².